The number of nitrogens with zero attached hydrogens (tertiary/aromatic N) is 2. The quantitative estimate of drug-likeness (QED) is 0.534. The molecule has 0 bridgehead atoms. The van der Waals surface area contributed by atoms with E-state index >= 15 is 0 Å². The Hall–Kier alpha value is -2.94. The molecule has 2 aromatic carbocycles. The van der Waals surface area contributed by atoms with E-state index in [1.54, 1.807) is 42.5 Å². The first-order valence-electron chi connectivity index (χ1n) is 12.1. The molecule has 0 spiro atoms. The molecular formula is C26H34FN3O4S. The highest BCUT2D eigenvalue weighted by Crippen LogP contribution is 2.21. The number of nitrogens with one attached hydrogen (secondary N) is 1. The molecule has 2 aromatic rings. The lowest BCUT2D eigenvalue weighted by Gasteiger charge is -2.34. The van der Waals surface area contributed by atoms with Gasteiger partial charge in [0.1, 0.15) is 18.4 Å². The molecule has 0 saturated heterocycles. The van der Waals surface area contributed by atoms with Crippen LogP contribution in [0, 0.1) is 5.82 Å². The van der Waals surface area contributed by atoms with Crippen molar-refractivity contribution in [3.63, 3.8) is 0 Å². The molecule has 1 aliphatic carbocycles. The lowest BCUT2D eigenvalue weighted by molar-refractivity contribution is -0.140. The van der Waals surface area contributed by atoms with Crippen molar-refractivity contribution >= 4 is 27.5 Å². The SMILES string of the molecule is CC[C@H](C(=O)NC1CCCCC1)N(Cc1ccc(F)cc1)C(=O)CN(c1ccccc1)S(C)(=O)=O. The van der Waals surface area contributed by atoms with Crippen LogP contribution >= 0.6 is 0 Å². The van der Waals surface area contributed by atoms with E-state index in [0.29, 0.717) is 17.7 Å². The van der Waals surface area contributed by atoms with Crippen molar-refractivity contribution in [1.29, 1.82) is 0 Å². The Balaban J connectivity index is 1.88. The maximum absolute atomic E-state index is 13.6. The summed E-state index contributed by atoms with van der Waals surface area (Å²) in [6, 6.07) is 13.4. The van der Waals surface area contributed by atoms with Crippen LogP contribution in [0.4, 0.5) is 10.1 Å². The molecule has 190 valence electrons. The minimum atomic E-state index is -3.76. The molecule has 1 fully saturated rings. The average molecular weight is 504 g/mol. The molecule has 9 heteroatoms. The molecule has 1 aliphatic rings. The van der Waals surface area contributed by atoms with Gasteiger partial charge in [-0.3, -0.25) is 13.9 Å². The van der Waals surface area contributed by atoms with E-state index in [1.807, 2.05) is 6.92 Å². The topological polar surface area (TPSA) is 86.8 Å². The Bertz CT molecular complexity index is 1090. The minimum absolute atomic E-state index is 0.0576. The summed E-state index contributed by atoms with van der Waals surface area (Å²) in [6.45, 7) is 1.43. The molecule has 0 aromatic heterocycles. The van der Waals surface area contributed by atoms with Gasteiger partial charge in [0.15, 0.2) is 0 Å². The lowest BCUT2D eigenvalue weighted by Crippen LogP contribution is -2.53. The summed E-state index contributed by atoms with van der Waals surface area (Å²) in [5, 5.41) is 3.09. The first-order chi connectivity index (χ1) is 16.7. The zero-order valence-electron chi connectivity index (χ0n) is 20.3. The Kier molecular flexibility index (Phi) is 9.26. The third kappa shape index (κ3) is 7.52. The molecule has 0 unspecified atom stereocenters. The van der Waals surface area contributed by atoms with Crippen molar-refractivity contribution in [3.8, 4) is 0 Å². The van der Waals surface area contributed by atoms with Crippen molar-refractivity contribution in [2.24, 2.45) is 0 Å². The number of halogens is 1. The summed E-state index contributed by atoms with van der Waals surface area (Å²) in [5.41, 5.74) is 1.01. The van der Waals surface area contributed by atoms with Crippen molar-refractivity contribution in [1.82, 2.24) is 10.2 Å². The van der Waals surface area contributed by atoms with E-state index in [4.69, 9.17) is 0 Å². The van der Waals surface area contributed by atoms with Crippen LogP contribution in [0.25, 0.3) is 0 Å². The lowest BCUT2D eigenvalue weighted by atomic mass is 9.95. The van der Waals surface area contributed by atoms with Gasteiger partial charge in [-0.15, -0.1) is 0 Å². The third-order valence-corrected chi connectivity index (χ3v) is 7.47. The predicted molar refractivity (Wildman–Crippen MR) is 135 cm³/mol. The number of amides is 2. The molecule has 0 aliphatic heterocycles. The van der Waals surface area contributed by atoms with Crippen LogP contribution in [0.1, 0.15) is 51.0 Å². The van der Waals surface area contributed by atoms with Crippen molar-refractivity contribution < 1.29 is 22.4 Å². The predicted octanol–water partition coefficient (Wildman–Crippen LogP) is 3.85. The molecule has 0 radical (unpaired) electrons. The Morgan fingerprint density at radius 3 is 2.23 bits per heavy atom. The van der Waals surface area contributed by atoms with Crippen LogP contribution in [0.15, 0.2) is 54.6 Å². The van der Waals surface area contributed by atoms with Gasteiger partial charge in [-0.25, -0.2) is 12.8 Å². The number of para-hydroxylation sites is 1. The third-order valence-electron chi connectivity index (χ3n) is 6.33. The second-order valence-electron chi connectivity index (χ2n) is 9.02. The molecule has 3 rings (SSSR count). The van der Waals surface area contributed by atoms with Gasteiger partial charge in [0.2, 0.25) is 21.8 Å². The second-order valence-corrected chi connectivity index (χ2v) is 10.9. The summed E-state index contributed by atoms with van der Waals surface area (Å²) >= 11 is 0. The van der Waals surface area contributed by atoms with Crippen LogP contribution < -0.4 is 9.62 Å². The normalized spacial score (nSPS) is 15.3. The zero-order valence-corrected chi connectivity index (χ0v) is 21.1. The average Bonchev–Trinajstić information content (AvgIpc) is 2.84. The van der Waals surface area contributed by atoms with Crippen LogP contribution in [-0.2, 0) is 26.2 Å². The smallest absolute Gasteiger partial charge is 0.244 e. The minimum Gasteiger partial charge on any atom is -0.352 e. The van der Waals surface area contributed by atoms with Gasteiger partial charge in [-0.05, 0) is 49.1 Å². The van der Waals surface area contributed by atoms with Gasteiger partial charge < -0.3 is 10.2 Å². The van der Waals surface area contributed by atoms with Gasteiger partial charge in [0.25, 0.3) is 0 Å². The van der Waals surface area contributed by atoms with E-state index in [-0.39, 0.29) is 18.5 Å². The van der Waals surface area contributed by atoms with Gasteiger partial charge in [0, 0.05) is 12.6 Å². The summed E-state index contributed by atoms with van der Waals surface area (Å²) in [7, 11) is -3.76. The summed E-state index contributed by atoms with van der Waals surface area (Å²) in [4.78, 5) is 28.3. The molecule has 1 atom stereocenters. The van der Waals surface area contributed by atoms with Gasteiger partial charge >= 0.3 is 0 Å². The maximum atomic E-state index is 13.6. The maximum Gasteiger partial charge on any atom is 0.244 e. The fourth-order valence-electron chi connectivity index (χ4n) is 4.46. The number of rotatable bonds is 10. The van der Waals surface area contributed by atoms with Crippen LogP contribution in [0.5, 0.6) is 0 Å². The highest BCUT2D eigenvalue weighted by Gasteiger charge is 2.32. The van der Waals surface area contributed by atoms with Crippen molar-refractivity contribution in [2.75, 3.05) is 17.1 Å². The van der Waals surface area contributed by atoms with E-state index in [0.717, 1.165) is 42.7 Å². The van der Waals surface area contributed by atoms with E-state index in [1.165, 1.54) is 17.0 Å². The molecule has 7 nitrogen and oxygen atoms in total. The molecule has 35 heavy (non-hydrogen) atoms. The van der Waals surface area contributed by atoms with Crippen LogP contribution in [0.3, 0.4) is 0 Å². The van der Waals surface area contributed by atoms with Crippen molar-refractivity contribution in [3.05, 3.63) is 66.0 Å². The number of benzene rings is 2. The first-order valence-corrected chi connectivity index (χ1v) is 13.9. The number of carbonyl (C=O) groups is 2. The molecule has 2 amide bonds. The van der Waals surface area contributed by atoms with E-state index in [2.05, 4.69) is 5.32 Å². The Labute approximate surface area is 207 Å². The number of hydrogen-bond donors (Lipinski definition) is 1. The van der Waals surface area contributed by atoms with Crippen LogP contribution in [0.2, 0.25) is 0 Å². The Morgan fingerprint density at radius 1 is 1.03 bits per heavy atom. The monoisotopic (exact) mass is 503 g/mol. The molecular weight excluding hydrogens is 469 g/mol. The summed E-state index contributed by atoms with van der Waals surface area (Å²) in [6.07, 6.45) is 6.48. The number of hydrogen-bond acceptors (Lipinski definition) is 4. The zero-order chi connectivity index (χ0) is 25.4. The fraction of sp³-hybridized carbons (Fsp3) is 0.462. The standard InChI is InChI=1S/C26H34FN3O4S/c1-3-24(26(32)28-22-10-6-4-7-11-22)29(18-20-14-16-21(27)17-15-20)25(31)19-30(35(2,33)34)23-12-8-5-9-13-23/h5,8-9,12-17,22,24H,3-4,6-7,10-11,18-19H2,1-2H3,(H,28,32)/t24-/m1/s1. The first kappa shape index (κ1) is 26.7. The number of carbonyl (C=O) groups excluding carboxylic acids is 2. The second kappa shape index (κ2) is 12.2. The van der Waals surface area contributed by atoms with E-state index < -0.39 is 34.3 Å². The number of sulfonamides is 1. The number of anilines is 1. The van der Waals surface area contributed by atoms with E-state index in [9.17, 15) is 22.4 Å². The molecule has 1 N–H and O–H groups in total. The van der Waals surface area contributed by atoms with Gasteiger partial charge in [-0.1, -0.05) is 56.5 Å². The van der Waals surface area contributed by atoms with Gasteiger partial charge in [-0.2, -0.15) is 0 Å². The molecule has 0 heterocycles. The highest BCUT2D eigenvalue weighted by atomic mass is 32.2. The largest absolute Gasteiger partial charge is 0.352 e. The Morgan fingerprint density at radius 2 is 1.66 bits per heavy atom. The van der Waals surface area contributed by atoms with Crippen LogP contribution in [-0.4, -0.2) is 50.0 Å². The fourth-order valence-corrected chi connectivity index (χ4v) is 5.31. The summed E-state index contributed by atoms with van der Waals surface area (Å²) in [5.74, 6) is -1.16. The summed E-state index contributed by atoms with van der Waals surface area (Å²) < 4.78 is 39.6. The van der Waals surface area contributed by atoms with Gasteiger partial charge in [0.05, 0.1) is 11.9 Å². The van der Waals surface area contributed by atoms with Crippen molar-refractivity contribution in [2.45, 2.75) is 64.1 Å². The highest BCUT2D eigenvalue weighted by molar-refractivity contribution is 7.92. The molecule has 1 saturated carbocycles.